The number of amides is 1. The predicted molar refractivity (Wildman–Crippen MR) is 88.2 cm³/mol. The fraction of sp³-hybridized carbons (Fsp3) is 0.222. The number of benzene rings is 2. The molecule has 0 atom stereocenters. The van der Waals surface area contributed by atoms with Gasteiger partial charge in [-0.05, 0) is 35.2 Å². The summed E-state index contributed by atoms with van der Waals surface area (Å²) < 4.78 is 10.5. The van der Waals surface area contributed by atoms with Crippen molar-refractivity contribution in [1.82, 2.24) is 5.43 Å². The van der Waals surface area contributed by atoms with Gasteiger partial charge in [-0.1, -0.05) is 38.1 Å². The molecule has 1 aliphatic rings. The topological polar surface area (TPSA) is 59.9 Å². The van der Waals surface area contributed by atoms with E-state index in [1.165, 1.54) is 5.56 Å². The molecule has 1 amide bonds. The summed E-state index contributed by atoms with van der Waals surface area (Å²) in [5.74, 6) is 1.42. The highest BCUT2D eigenvalue weighted by Gasteiger charge is 2.15. The van der Waals surface area contributed by atoms with Crippen molar-refractivity contribution in [2.75, 3.05) is 6.79 Å². The maximum atomic E-state index is 12.1. The van der Waals surface area contributed by atoms with Crippen molar-refractivity contribution in [3.05, 3.63) is 59.2 Å². The lowest BCUT2D eigenvalue weighted by Crippen LogP contribution is -2.17. The van der Waals surface area contributed by atoms with E-state index >= 15 is 0 Å². The Hall–Kier alpha value is -2.82. The van der Waals surface area contributed by atoms with E-state index < -0.39 is 0 Å². The second kappa shape index (κ2) is 6.52. The zero-order valence-electron chi connectivity index (χ0n) is 13.1. The predicted octanol–water partition coefficient (Wildman–Crippen LogP) is 3.30. The van der Waals surface area contributed by atoms with E-state index in [0.29, 0.717) is 23.0 Å². The van der Waals surface area contributed by atoms with E-state index in [9.17, 15) is 4.79 Å². The summed E-state index contributed by atoms with van der Waals surface area (Å²) in [7, 11) is 0. The third-order valence-corrected chi connectivity index (χ3v) is 3.62. The molecule has 0 bridgehead atoms. The molecule has 0 aliphatic carbocycles. The molecule has 3 rings (SSSR count). The van der Waals surface area contributed by atoms with E-state index in [0.717, 1.165) is 5.56 Å². The molecular weight excluding hydrogens is 292 g/mol. The molecule has 23 heavy (non-hydrogen) atoms. The monoisotopic (exact) mass is 310 g/mol. The van der Waals surface area contributed by atoms with Crippen LogP contribution in [0.4, 0.5) is 0 Å². The van der Waals surface area contributed by atoms with Gasteiger partial charge in [0.15, 0.2) is 11.5 Å². The molecule has 0 saturated heterocycles. The maximum Gasteiger partial charge on any atom is 0.271 e. The van der Waals surface area contributed by atoms with Crippen LogP contribution in [0.1, 0.15) is 41.3 Å². The van der Waals surface area contributed by atoms with Crippen LogP contribution in [-0.2, 0) is 0 Å². The molecule has 5 heteroatoms. The standard InChI is InChI=1S/C18H18N2O3/c1-12(2)14-5-3-13(4-6-14)10-19-20-18(21)15-7-8-16-17(9-15)23-11-22-16/h3-10,12H,11H2,1-2H3,(H,20,21)/b19-10+. The molecule has 5 nitrogen and oxygen atoms in total. The zero-order valence-corrected chi connectivity index (χ0v) is 13.1. The number of fused-ring (bicyclic) bond motifs is 1. The summed E-state index contributed by atoms with van der Waals surface area (Å²) >= 11 is 0. The van der Waals surface area contributed by atoms with Gasteiger partial charge in [-0.2, -0.15) is 5.10 Å². The minimum absolute atomic E-state index is 0.185. The molecule has 0 saturated carbocycles. The highest BCUT2D eigenvalue weighted by Crippen LogP contribution is 2.32. The lowest BCUT2D eigenvalue weighted by atomic mass is 10.0. The van der Waals surface area contributed by atoms with Crippen molar-refractivity contribution in [1.29, 1.82) is 0 Å². The van der Waals surface area contributed by atoms with E-state index in [2.05, 4.69) is 36.5 Å². The van der Waals surface area contributed by atoms with Gasteiger partial charge in [0.25, 0.3) is 5.91 Å². The zero-order chi connectivity index (χ0) is 16.2. The largest absolute Gasteiger partial charge is 0.454 e. The van der Waals surface area contributed by atoms with Crippen molar-refractivity contribution < 1.29 is 14.3 Å². The first-order valence-electron chi connectivity index (χ1n) is 7.46. The minimum Gasteiger partial charge on any atom is -0.454 e. The smallest absolute Gasteiger partial charge is 0.271 e. The van der Waals surface area contributed by atoms with Crippen molar-refractivity contribution >= 4 is 12.1 Å². The molecule has 0 spiro atoms. The normalized spacial score (nSPS) is 12.8. The van der Waals surface area contributed by atoms with E-state index in [-0.39, 0.29) is 12.7 Å². The molecule has 1 heterocycles. The van der Waals surface area contributed by atoms with Crippen LogP contribution in [0.5, 0.6) is 11.5 Å². The molecule has 1 aliphatic heterocycles. The van der Waals surface area contributed by atoms with Crippen LogP contribution in [0, 0.1) is 0 Å². The number of ether oxygens (including phenoxy) is 2. The van der Waals surface area contributed by atoms with Crippen molar-refractivity contribution in [3.8, 4) is 11.5 Å². The van der Waals surface area contributed by atoms with Crippen LogP contribution in [-0.4, -0.2) is 18.9 Å². The molecule has 118 valence electrons. The Bertz CT molecular complexity index is 736. The summed E-state index contributed by atoms with van der Waals surface area (Å²) in [4.78, 5) is 12.1. The number of carbonyl (C=O) groups excluding carboxylic acids is 1. The Morgan fingerprint density at radius 1 is 1.13 bits per heavy atom. The fourth-order valence-corrected chi connectivity index (χ4v) is 2.23. The fourth-order valence-electron chi connectivity index (χ4n) is 2.23. The number of carbonyl (C=O) groups is 1. The Morgan fingerprint density at radius 3 is 2.61 bits per heavy atom. The van der Waals surface area contributed by atoms with E-state index in [1.54, 1.807) is 24.4 Å². The lowest BCUT2D eigenvalue weighted by Gasteiger charge is -2.04. The van der Waals surface area contributed by atoms with Gasteiger partial charge in [0.2, 0.25) is 6.79 Å². The van der Waals surface area contributed by atoms with Gasteiger partial charge in [-0.3, -0.25) is 4.79 Å². The molecule has 1 N–H and O–H groups in total. The number of rotatable bonds is 4. The summed E-state index contributed by atoms with van der Waals surface area (Å²) in [5, 5.41) is 3.99. The third kappa shape index (κ3) is 3.51. The lowest BCUT2D eigenvalue weighted by molar-refractivity contribution is 0.0954. The number of hydrazone groups is 1. The minimum atomic E-state index is -0.293. The number of nitrogens with one attached hydrogen (secondary N) is 1. The van der Waals surface area contributed by atoms with Gasteiger partial charge >= 0.3 is 0 Å². The van der Waals surface area contributed by atoms with Gasteiger partial charge in [0.05, 0.1) is 6.21 Å². The first kappa shape index (κ1) is 15.1. The maximum absolute atomic E-state index is 12.1. The first-order valence-corrected chi connectivity index (χ1v) is 7.46. The number of nitrogens with zero attached hydrogens (tertiary/aromatic N) is 1. The Kier molecular flexibility index (Phi) is 4.28. The Morgan fingerprint density at radius 2 is 1.87 bits per heavy atom. The SMILES string of the molecule is CC(C)c1ccc(/C=N/NC(=O)c2ccc3c(c2)OCO3)cc1. The van der Waals surface area contributed by atoms with E-state index in [4.69, 9.17) is 9.47 Å². The average molecular weight is 310 g/mol. The van der Waals surface area contributed by atoms with Crippen LogP contribution < -0.4 is 14.9 Å². The quantitative estimate of drug-likeness (QED) is 0.696. The van der Waals surface area contributed by atoms with Crippen molar-refractivity contribution in [3.63, 3.8) is 0 Å². The highest BCUT2D eigenvalue weighted by molar-refractivity contribution is 5.95. The van der Waals surface area contributed by atoms with Crippen LogP contribution in [0.25, 0.3) is 0 Å². The summed E-state index contributed by atoms with van der Waals surface area (Å²) in [6.07, 6.45) is 1.62. The Balaban J connectivity index is 1.62. The summed E-state index contributed by atoms with van der Waals surface area (Å²) in [5.41, 5.74) is 5.18. The van der Waals surface area contributed by atoms with Crippen LogP contribution in [0.15, 0.2) is 47.6 Å². The second-order valence-electron chi connectivity index (χ2n) is 5.59. The van der Waals surface area contributed by atoms with Gasteiger partial charge < -0.3 is 9.47 Å². The van der Waals surface area contributed by atoms with Gasteiger partial charge in [-0.15, -0.1) is 0 Å². The summed E-state index contributed by atoms with van der Waals surface area (Å²) in [6, 6.07) is 13.1. The number of hydrogen-bond donors (Lipinski definition) is 1. The average Bonchev–Trinajstić information content (AvgIpc) is 3.02. The molecule has 0 radical (unpaired) electrons. The van der Waals surface area contributed by atoms with Crippen LogP contribution in [0.3, 0.4) is 0 Å². The van der Waals surface area contributed by atoms with Crippen LogP contribution in [0.2, 0.25) is 0 Å². The molecule has 0 unspecified atom stereocenters. The molecular formula is C18H18N2O3. The van der Waals surface area contributed by atoms with Crippen LogP contribution >= 0.6 is 0 Å². The highest BCUT2D eigenvalue weighted by atomic mass is 16.7. The molecule has 0 aromatic heterocycles. The Labute approximate surface area is 134 Å². The second-order valence-corrected chi connectivity index (χ2v) is 5.59. The van der Waals surface area contributed by atoms with Crippen molar-refractivity contribution in [2.24, 2.45) is 5.10 Å². The van der Waals surface area contributed by atoms with Gasteiger partial charge in [0, 0.05) is 5.56 Å². The van der Waals surface area contributed by atoms with Gasteiger partial charge in [0.1, 0.15) is 0 Å². The van der Waals surface area contributed by atoms with Crippen molar-refractivity contribution in [2.45, 2.75) is 19.8 Å². The molecule has 2 aromatic carbocycles. The first-order chi connectivity index (χ1) is 11.1. The molecule has 0 fully saturated rings. The van der Waals surface area contributed by atoms with E-state index in [1.807, 2.05) is 12.1 Å². The summed E-state index contributed by atoms with van der Waals surface area (Å²) in [6.45, 7) is 4.48. The third-order valence-electron chi connectivity index (χ3n) is 3.62. The molecule has 2 aromatic rings. The van der Waals surface area contributed by atoms with Gasteiger partial charge in [-0.25, -0.2) is 5.43 Å². The number of hydrogen-bond acceptors (Lipinski definition) is 4.